The maximum Gasteiger partial charge on any atom is 0.234 e. The molecule has 0 aromatic rings. The van der Waals surface area contributed by atoms with E-state index in [9.17, 15) is 0 Å². The topological polar surface area (TPSA) is 30.9 Å². The summed E-state index contributed by atoms with van der Waals surface area (Å²) in [7, 11) is -0.0473. The lowest BCUT2D eigenvalue weighted by Gasteiger charge is -2.50. The second-order valence-corrected chi connectivity index (χ2v) is 20.0. The largest absolute Gasteiger partial charge is 0.425 e. The Labute approximate surface area is 106 Å². The van der Waals surface area contributed by atoms with Crippen LogP contribution in [0.5, 0.6) is 0 Å². The summed E-state index contributed by atoms with van der Waals surface area (Å²) in [6, 6.07) is 0. The van der Waals surface area contributed by atoms with Gasteiger partial charge in [0.1, 0.15) is 0 Å². The maximum absolute atomic E-state index is 5.13. The Morgan fingerprint density at radius 3 is 2.19 bits per heavy atom. The van der Waals surface area contributed by atoms with Crippen LogP contribution in [0.2, 0.25) is 39.3 Å². The van der Waals surface area contributed by atoms with Crippen LogP contribution in [-0.4, -0.2) is 57.2 Å². The van der Waals surface area contributed by atoms with Crippen LogP contribution in [0.3, 0.4) is 0 Å². The van der Waals surface area contributed by atoms with Gasteiger partial charge in [-0.05, 0) is 53.4 Å². The molecule has 0 saturated heterocycles. The summed E-state index contributed by atoms with van der Waals surface area (Å²) in [6.07, 6.45) is 0. The third-order valence-corrected chi connectivity index (χ3v) is 23.3. The molecule has 16 heavy (non-hydrogen) atoms. The number of rotatable bonds is 0. The van der Waals surface area contributed by atoms with Crippen molar-refractivity contribution in [1.29, 1.82) is 0 Å². The lowest BCUT2D eigenvalue weighted by atomic mass is 11.6. The molecule has 8 heteroatoms. The number of hydrogen-bond acceptors (Lipinski definition) is 4. The molecule has 0 aliphatic carbocycles. The van der Waals surface area contributed by atoms with E-state index in [2.05, 4.69) is 66.5 Å². The standard InChI is InChI=1S/C8H26N4Si4/c1-11-14(4)9-13(3)10-15(5,6)12(2)16(11,7)8/h9,14H,1-8H3/b13-10-. The second-order valence-electron chi connectivity index (χ2n) is 5.68. The SMILES string of the molecule is CN1[SiH](C)N/[Si](C)=N\[Si](C)(C)N(C)[Si]1(C)C. The Kier molecular flexibility index (Phi) is 4.13. The van der Waals surface area contributed by atoms with E-state index in [0.717, 1.165) is 0 Å². The first-order valence-electron chi connectivity index (χ1n) is 5.89. The van der Waals surface area contributed by atoms with Crippen molar-refractivity contribution >= 4 is 34.7 Å². The Bertz CT molecular complexity index is 304. The zero-order chi connectivity index (χ0) is 12.7. The van der Waals surface area contributed by atoms with Crippen molar-refractivity contribution in [2.75, 3.05) is 14.1 Å². The first-order valence-corrected chi connectivity index (χ1v) is 15.9. The van der Waals surface area contributed by atoms with E-state index in [1.54, 1.807) is 0 Å². The van der Waals surface area contributed by atoms with Crippen LogP contribution >= 0.6 is 0 Å². The van der Waals surface area contributed by atoms with Gasteiger partial charge in [0, 0.05) is 0 Å². The van der Waals surface area contributed by atoms with Crippen molar-refractivity contribution in [3.05, 3.63) is 0 Å². The Morgan fingerprint density at radius 2 is 1.69 bits per heavy atom. The summed E-state index contributed by atoms with van der Waals surface area (Å²) >= 11 is 0. The van der Waals surface area contributed by atoms with Crippen molar-refractivity contribution in [1.82, 2.24) is 13.1 Å². The zero-order valence-corrected chi connectivity index (χ0v) is 16.1. The molecule has 0 aromatic carbocycles. The molecule has 0 amide bonds. The maximum atomic E-state index is 5.13. The van der Waals surface area contributed by atoms with Gasteiger partial charge in [0.15, 0.2) is 17.5 Å². The molecule has 0 saturated carbocycles. The van der Waals surface area contributed by atoms with Crippen LogP contribution in [0.25, 0.3) is 0 Å². The summed E-state index contributed by atoms with van der Waals surface area (Å²) in [6.45, 7) is 14.4. The van der Waals surface area contributed by atoms with Crippen LogP contribution in [0.4, 0.5) is 0 Å². The third-order valence-electron chi connectivity index (χ3n) is 3.94. The van der Waals surface area contributed by atoms with Gasteiger partial charge in [0.05, 0.1) is 0 Å². The fraction of sp³-hybridized carbons (Fsp3) is 1.00. The van der Waals surface area contributed by atoms with E-state index in [1.165, 1.54) is 0 Å². The van der Waals surface area contributed by atoms with E-state index in [-0.39, 0.29) is 0 Å². The minimum Gasteiger partial charge on any atom is -0.425 e. The molecular formula is C8H26N4Si4. The van der Waals surface area contributed by atoms with Crippen molar-refractivity contribution in [3.8, 4) is 0 Å². The summed E-state index contributed by atoms with van der Waals surface area (Å²) in [5.74, 6) is 0. The molecule has 1 N–H and O–H groups in total. The van der Waals surface area contributed by atoms with Gasteiger partial charge in [0.25, 0.3) is 0 Å². The van der Waals surface area contributed by atoms with Gasteiger partial charge in [-0.15, -0.1) is 0 Å². The predicted octanol–water partition coefficient (Wildman–Crippen LogP) is 1.09. The Morgan fingerprint density at radius 1 is 1.19 bits per heavy atom. The van der Waals surface area contributed by atoms with Gasteiger partial charge < -0.3 is 17.4 Å². The van der Waals surface area contributed by atoms with Crippen LogP contribution in [0, 0.1) is 0 Å². The molecule has 1 atom stereocenters. The molecule has 0 spiro atoms. The van der Waals surface area contributed by atoms with Gasteiger partial charge in [-0.25, -0.2) is 0 Å². The average molecular weight is 291 g/mol. The van der Waals surface area contributed by atoms with E-state index < -0.39 is 34.7 Å². The fourth-order valence-electron chi connectivity index (χ4n) is 2.30. The van der Waals surface area contributed by atoms with Gasteiger partial charge in [-0.3, -0.25) is 0 Å². The minimum absolute atomic E-state index is 0.684. The molecule has 0 aromatic heterocycles. The molecular weight excluding hydrogens is 264 g/mol. The van der Waals surface area contributed by atoms with Crippen LogP contribution in [-0.2, 0) is 0 Å². The first kappa shape index (κ1) is 14.4. The Hall–Kier alpha value is 0.388. The van der Waals surface area contributed by atoms with Crippen LogP contribution in [0.15, 0.2) is 4.30 Å². The summed E-state index contributed by atoms with van der Waals surface area (Å²) < 4.78 is 14.3. The highest BCUT2D eigenvalue weighted by atomic mass is 28.5. The normalized spacial score (nSPS) is 34.5. The molecule has 1 aliphatic heterocycles. The van der Waals surface area contributed by atoms with Gasteiger partial charge in [0.2, 0.25) is 17.1 Å². The summed E-state index contributed by atoms with van der Waals surface area (Å²) in [5.41, 5.74) is 0. The highest BCUT2D eigenvalue weighted by molar-refractivity contribution is 6.95. The van der Waals surface area contributed by atoms with E-state index in [4.69, 9.17) is 4.30 Å². The highest BCUT2D eigenvalue weighted by Gasteiger charge is 2.44. The van der Waals surface area contributed by atoms with Crippen LogP contribution < -0.4 is 4.65 Å². The molecule has 1 heterocycles. The van der Waals surface area contributed by atoms with Crippen molar-refractivity contribution in [3.63, 3.8) is 0 Å². The monoisotopic (exact) mass is 290 g/mol. The predicted molar refractivity (Wildman–Crippen MR) is 80.7 cm³/mol. The van der Waals surface area contributed by atoms with E-state index in [0.29, 0.717) is 0 Å². The molecule has 4 nitrogen and oxygen atoms in total. The van der Waals surface area contributed by atoms with Crippen LogP contribution in [0.1, 0.15) is 0 Å². The van der Waals surface area contributed by atoms with Crippen molar-refractivity contribution in [2.24, 2.45) is 4.30 Å². The zero-order valence-electron chi connectivity index (χ0n) is 11.9. The quantitative estimate of drug-likeness (QED) is 0.678. The highest BCUT2D eigenvalue weighted by Crippen LogP contribution is 2.22. The van der Waals surface area contributed by atoms with Gasteiger partial charge in [-0.2, -0.15) is 0 Å². The average Bonchev–Trinajstić information content (AvgIpc) is 2.12. The van der Waals surface area contributed by atoms with Crippen molar-refractivity contribution in [2.45, 2.75) is 39.3 Å². The van der Waals surface area contributed by atoms with Crippen molar-refractivity contribution < 1.29 is 0 Å². The van der Waals surface area contributed by atoms with E-state index in [1.807, 2.05) is 0 Å². The first-order chi connectivity index (χ1) is 7.09. The van der Waals surface area contributed by atoms with Gasteiger partial charge in [-0.1, -0.05) is 0 Å². The molecule has 0 fully saturated rings. The molecule has 1 unspecified atom stereocenters. The lowest BCUT2D eigenvalue weighted by molar-refractivity contribution is 0.620. The fourth-order valence-corrected chi connectivity index (χ4v) is 22.2. The molecule has 0 radical (unpaired) electrons. The second kappa shape index (κ2) is 4.57. The number of hydrogen-bond donors (Lipinski definition) is 1. The molecule has 0 bridgehead atoms. The Balaban J connectivity index is 3.20. The van der Waals surface area contributed by atoms with E-state index >= 15 is 0 Å². The number of nitrogens with one attached hydrogen (secondary N) is 1. The molecule has 94 valence electrons. The lowest BCUT2D eigenvalue weighted by Crippen LogP contribution is -2.73. The molecule has 1 rings (SSSR count). The minimum atomic E-state index is -1.56. The smallest absolute Gasteiger partial charge is 0.234 e. The van der Waals surface area contributed by atoms with Gasteiger partial charge >= 0.3 is 0 Å². The summed E-state index contributed by atoms with van der Waals surface area (Å²) in [5, 5.41) is 0. The molecule has 1 aliphatic rings. The number of nitrogens with zero attached hydrogens (tertiary/aromatic N) is 3. The summed E-state index contributed by atoms with van der Waals surface area (Å²) in [4.78, 5) is 0. The third kappa shape index (κ3) is 2.62.